The van der Waals surface area contributed by atoms with Gasteiger partial charge in [-0.25, -0.2) is 9.59 Å². The van der Waals surface area contributed by atoms with E-state index in [1.165, 1.54) is 45.3 Å². The second-order valence-electron chi connectivity index (χ2n) is 8.48. The number of rotatable bonds is 4. The largest absolute Gasteiger partial charge is 0.418 e. The molecule has 0 amide bonds. The van der Waals surface area contributed by atoms with Crippen LogP contribution in [0.1, 0.15) is 19.5 Å². The minimum Gasteiger partial charge on any atom is -0.418 e. The third-order valence-corrected chi connectivity index (χ3v) is 10.2. The van der Waals surface area contributed by atoms with Crippen LogP contribution in [0.2, 0.25) is 0 Å². The average Bonchev–Trinajstić information content (AvgIpc) is 3.81. The lowest BCUT2D eigenvalue weighted by molar-refractivity contribution is -0.131. The van der Waals surface area contributed by atoms with Gasteiger partial charge in [0.15, 0.2) is 11.5 Å². The predicted molar refractivity (Wildman–Crippen MR) is 158 cm³/mol. The van der Waals surface area contributed by atoms with Crippen molar-refractivity contribution in [3.05, 3.63) is 97.7 Å². The molecule has 12 heteroatoms. The Morgan fingerprint density at radius 2 is 0.976 bits per heavy atom. The van der Waals surface area contributed by atoms with Crippen LogP contribution in [0.15, 0.2) is 60.0 Å². The Balaban J connectivity index is 1.34. The SMILES string of the molecule is N#CC(C#N)=c1cc/c(=C\c2ccc(C3=C4OC(=O)C(c5ccc(/C=c6\ccc(=C(C#N)C#N)s6)s5)=C4OC3=O)s2)s1. The summed E-state index contributed by atoms with van der Waals surface area (Å²) in [5.74, 6) is -1.05. The van der Waals surface area contributed by atoms with E-state index in [1.54, 1.807) is 24.3 Å². The van der Waals surface area contributed by atoms with Crippen LogP contribution >= 0.6 is 45.3 Å². The van der Waals surface area contributed by atoms with Gasteiger partial charge in [-0.15, -0.1) is 45.3 Å². The third kappa shape index (κ3) is 4.78. The molecule has 0 bridgehead atoms. The first-order valence-electron chi connectivity index (χ1n) is 11.8. The molecule has 0 aromatic carbocycles. The van der Waals surface area contributed by atoms with Crippen LogP contribution in [0, 0.1) is 45.3 Å². The van der Waals surface area contributed by atoms with Crippen LogP contribution in [0.4, 0.5) is 0 Å². The fourth-order valence-electron chi connectivity index (χ4n) is 4.13. The number of hydrogen-bond donors (Lipinski definition) is 0. The number of thiophene rings is 4. The molecular weight excluding hydrogens is 609 g/mol. The molecule has 0 fully saturated rings. The number of ether oxygens (including phenoxy) is 2. The van der Waals surface area contributed by atoms with Crippen molar-refractivity contribution in [1.29, 1.82) is 21.0 Å². The number of hydrogen-bond acceptors (Lipinski definition) is 12. The van der Waals surface area contributed by atoms with E-state index in [0.29, 0.717) is 18.8 Å². The van der Waals surface area contributed by atoms with Crippen molar-refractivity contribution in [1.82, 2.24) is 0 Å². The Labute approximate surface area is 252 Å². The molecule has 8 nitrogen and oxygen atoms in total. The normalized spacial score (nSPS) is 14.7. The second kappa shape index (κ2) is 10.9. The fraction of sp³-hybridized carbons (Fsp3) is 0. The summed E-state index contributed by atoms with van der Waals surface area (Å²) in [6.45, 7) is 0. The quantitative estimate of drug-likeness (QED) is 0.317. The zero-order valence-corrected chi connectivity index (χ0v) is 24.1. The number of nitrogens with zero attached hydrogens (tertiary/aromatic N) is 4. The molecule has 0 unspecified atom stereocenters. The Bertz CT molecular complexity index is 2150. The molecule has 198 valence electrons. The van der Waals surface area contributed by atoms with Crippen LogP contribution in [-0.4, -0.2) is 11.9 Å². The third-order valence-electron chi connectivity index (χ3n) is 5.97. The molecular formula is C30H10N4O4S4. The average molecular weight is 619 g/mol. The Hall–Kier alpha value is -5.34. The van der Waals surface area contributed by atoms with Gasteiger partial charge in [0.05, 0.1) is 9.06 Å². The van der Waals surface area contributed by atoms with Gasteiger partial charge in [0.2, 0.25) is 0 Å². The van der Waals surface area contributed by atoms with Gasteiger partial charge in [-0.2, -0.15) is 21.0 Å². The summed E-state index contributed by atoms with van der Waals surface area (Å²) in [5, 5.41) is 36.4. The highest BCUT2D eigenvalue weighted by molar-refractivity contribution is 7.15. The first-order valence-corrected chi connectivity index (χ1v) is 15.1. The number of nitriles is 4. The number of fused-ring (bicyclic) bond motifs is 1. The Morgan fingerprint density at radius 1 is 0.571 bits per heavy atom. The van der Waals surface area contributed by atoms with Crippen LogP contribution in [-0.2, 0) is 19.1 Å². The maximum atomic E-state index is 12.9. The topological polar surface area (TPSA) is 148 Å². The van der Waals surface area contributed by atoms with Crippen molar-refractivity contribution in [3.63, 3.8) is 0 Å². The highest BCUT2D eigenvalue weighted by atomic mass is 32.1. The minimum atomic E-state index is -0.615. The first kappa shape index (κ1) is 26.9. The van der Waals surface area contributed by atoms with E-state index in [1.807, 2.05) is 60.7 Å². The van der Waals surface area contributed by atoms with E-state index in [9.17, 15) is 9.59 Å². The zero-order valence-electron chi connectivity index (χ0n) is 20.8. The summed E-state index contributed by atoms with van der Waals surface area (Å²) in [7, 11) is 0. The number of carbonyl (C=O) groups is 2. The van der Waals surface area contributed by atoms with Crippen molar-refractivity contribution >= 4 is 91.7 Å². The van der Waals surface area contributed by atoms with Crippen molar-refractivity contribution in [2.24, 2.45) is 0 Å². The van der Waals surface area contributed by atoms with Crippen molar-refractivity contribution in [3.8, 4) is 24.3 Å². The molecule has 0 saturated heterocycles. The molecule has 4 aromatic heterocycles. The Kier molecular flexibility index (Phi) is 6.98. The van der Waals surface area contributed by atoms with Crippen molar-refractivity contribution in [2.75, 3.05) is 0 Å². The highest BCUT2D eigenvalue weighted by Gasteiger charge is 2.44. The monoisotopic (exact) mass is 618 g/mol. The molecule has 2 aliphatic rings. The number of esters is 2. The van der Waals surface area contributed by atoms with E-state index >= 15 is 0 Å². The Morgan fingerprint density at radius 3 is 1.36 bits per heavy atom. The van der Waals surface area contributed by atoms with Gasteiger partial charge in [0, 0.05) is 28.6 Å². The fourth-order valence-corrected chi connectivity index (χ4v) is 8.07. The highest BCUT2D eigenvalue weighted by Crippen LogP contribution is 2.45. The second-order valence-corrected chi connectivity index (χ2v) is 12.9. The lowest BCUT2D eigenvalue weighted by atomic mass is 10.1. The molecule has 0 atom stereocenters. The van der Waals surface area contributed by atoms with Gasteiger partial charge in [-0.3, -0.25) is 0 Å². The molecule has 0 saturated carbocycles. The molecule has 0 spiro atoms. The van der Waals surface area contributed by atoms with Gasteiger partial charge < -0.3 is 9.47 Å². The molecule has 6 heterocycles. The van der Waals surface area contributed by atoms with E-state index in [-0.39, 0.29) is 33.8 Å². The molecule has 4 aromatic rings. The maximum absolute atomic E-state index is 12.9. The van der Waals surface area contributed by atoms with Crippen molar-refractivity contribution < 1.29 is 19.1 Å². The van der Waals surface area contributed by atoms with Crippen LogP contribution in [0.3, 0.4) is 0 Å². The molecule has 0 aliphatic carbocycles. The van der Waals surface area contributed by atoms with Gasteiger partial charge in [-0.05, 0) is 60.7 Å². The summed E-state index contributed by atoms with van der Waals surface area (Å²) >= 11 is 5.25. The summed E-state index contributed by atoms with van der Waals surface area (Å²) < 4.78 is 13.9. The van der Waals surface area contributed by atoms with Gasteiger partial charge in [0.1, 0.15) is 46.6 Å². The van der Waals surface area contributed by atoms with Crippen LogP contribution in [0.25, 0.3) is 34.4 Å². The maximum Gasteiger partial charge on any atom is 0.349 e. The molecule has 0 radical (unpaired) electrons. The van der Waals surface area contributed by atoms with E-state index in [0.717, 1.165) is 18.8 Å². The molecule has 2 aliphatic heterocycles. The van der Waals surface area contributed by atoms with E-state index in [2.05, 4.69) is 0 Å². The predicted octanol–water partition coefficient (Wildman–Crippen LogP) is 3.22. The molecule has 42 heavy (non-hydrogen) atoms. The van der Waals surface area contributed by atoms with Gasteiger partial charge in [0.25, 0.3) is 0 Å². The van der Waals surface area contributed by atoms with Crippen LogP contribution < -0.4 is 18.1 Å². The summed E-state index contributed by atoms with van der Waals surface area (Å²) in [4.78, 5) is 28.6. The van der Waals surface area contributed by atoms with E-state index in [4.69, 9.17) is 30.5 Å². The van der Waals surface area contributed by atoms with Gasteiger partial charge >= 0.3 is 11.9 Å². The first-order chi connectivity index (χ1) is 20.4. The summed E-state index contributed by atoms with van der Waals surface area (Å²) in [6, 6.07) is 21.7. The lowest BCUT2D eigenvalue weighted by Crippen LogP contribution is -2.03. The minimum absolute atomic E-state index is 0.0465. The van der Waals surface area contributed by atoms with Crippen LogP contribution in [0.5, 0.6) is 0 Å². The van der Waals surface area contributed by atoms with Crippen molar-refractivity contribution in [2.45, 2.75) is 0 Å². The van der Waals surface area contributed by atoms with Gasteiger partial charge in [-0.1, -0.05) is 0 Å². The zero-order chi connectivity index (χ0) is 29.4. The standard InChI is InChI=1S/C30H10N4O4S4/c31-11-15(12-32)21-5-1-17(39-21)9-19-3-7-23(41-19)25-27-28(38-29(25)35)26(30(36)37-27)24-8-4-20(42-24)10-18-2-6-22(40-18)16(13-33)14-34/h1-10H/b17-9+,18-10+. The van der Waals surface area contributed by atoms with E-state index < -0.39 is 11.9 Å². The number of carbonyl (C=O) groups excluding carboxylic acids is 2. The molecule has 6 rings (SSSR count). The summed E-state index contributed by atoms with van der Waals surface area (Å²) in [6.07, 6.45) is 3.76. The lowest BCUT2D eigenvalue weighted by Gasteiger charge is -1.99. The molecule has 0 N–H and O–H groups in total. The smallest absolute Gasteiger partial charge is 0.349 e. The summed E-state index contributed by atoms with van der Waals surface area (Å²) in [5.41, 5.74) is 0.437.